The van der Waals surface area contributed by atoms with E-state index in [4.69, 9.17) is 10.1 Å². The Hall–Kier alpha value is -4.33. The summed E-state index contributed by atoms with van der Waals surface area (Å²) in [7, 11) is 0. The van der Waals surface area contributed by atoms with Crippen LogP contribution in [0.3, 0.4) is 0 Å². The molecule has 38 heavy (non-hydrogen) atoms. The summed E-state index contributed by atoms with van der Waals surface area (Å²) >= 11 is 0. The molecule has 194 valence electrons. The van der Waals surface area contributed by atoms with Crippen LogP contribution in [0.1, 0.15) is 35.3 Å². The molecule has 0 bridgehead atoms. The molecule has 0 amide bonds. The highest BCUT2D eigenvalue weighted by atomic mass is 16.5. The summed E-state index contributed by atoms with van der Waals surface area (Å²) in [6.07, 6.45) is 3.96. The van der Waals surface area contributed by atoms with Gasteiger partial charge < -0.3 is 20.1 Å². The number of para-hydroxylation sites is 1. The first-order valence-corrected chi connectivity index (χ1v) is 12.8. The Morgan fingerprint density at radius 3 is 2.61 bits per heavy atom. The summed E-state index contributed by atoms with van der Waals surface area (Å²) in [5.74, 6) is 0.0314. The van der Waals surface area contributed by atoms with Gasteiger partial charge in [-0.05, 0) is 56.1 Å². The maximum Gasteiger partial charge on any atom is 0.354 e. The highest BCUT2D eigenvalue weighted by Crippen LogP contribution is 2.31. The van der Waals surface area contributed by atoms with Gasteiger partial charge in [-0.15, -0.1) is 0 Å². The van der Waals surface area contributed by atoms with E-state index in [-0.39, 0.29) is 23.6 Å². The molecule has 4 heterocycles. The van der Waals surface area contributed by atoms with Crippen molar-refractivity contribution >= 4 is 29.2 Å². The molecule has 5 N–H and O–H groups in total. The molecule has 0 aliphatic carbocycles. The van der Waals surface area contributed by atoms with Crippen molar-refractivity contribution in [1.82, 2.24) is 15.3 Å². The number of anilines is 1. The number of nitrogens with one attached hydrogen (secondary N) is 2. The number of nitrogens with two attached hydrogens (primary N) is 1. The van der Waals surface area contributed by atoms with Gasteiger partial charge in [0.25, 0.3) is 0 Å². The van der Waals surface area contributed by atoms with Crippen LogP contribution in [0, 0.1) is 22.7 Å². The van der Waals surface area contributed by atoms with E-state index in [9.17, 15) is 15.2 Å². The zero-order valence-corrected chi connectivity index (χ0v) is 20.9. The largest absolute Gasteiger partial charge is 0.477 e. The van der Waals surface area contributed by atoms with Gasteiger partial charge in [0, 0.05) is 42.9 Å². The van der Waals surface area contributed by atoms with Crippen molar-refractivity contribution in [1.29, 1.82) is 10.7 Å². The topological polar surface area (TPSA) is 152 Å². The number of carboxylic acids is 1. The predicted octanol–water partition coefficient (Wildman–Crippen LogP) is 2.81. The van der Waals surface area contributed by atoms with Crippen LogP contribution < -0.4 is 15.5 Å². The van der Waals surface area contributed by atoms with E-state index in [1.165, 1.54) is 6.07 Å². The van der Waals surface area contributed by atoms with Crippen LogP contribution >= 0.6 is 0 Å². The van der Waals surface area contributed by atoms with Crippen molar-refractivity contribution in [2.75, 3.05) is 31.1 Å². The predicted molar refractivity (Wildman–Crippen MR) is 142 cm³/mol. The maximum atomic E-state index is 12.0. The monoisotopic (exact) mass is 512 g/mol. The first-order valence-electron chi connectivity index (χ1n) is 12.8. The Morgan fingerprint density at radius 1 is 1.18 bits per heavy atom. The number of quaternary nitrogens is 1. The molecule has 2 saturated heterocycles. The van der Waals surface area contributed by atoms with E-state index in [1.54, 1.807) is 11.5 Å². The van der Waals surface area contributed by atoms with E-state index < -0.39 is 5.97 Å². The zero-order valence-electron chi connectivity index (χ0n) is 20.9. The molecule has 2 aromatic heterocycles. The van der Waals surface area contributed by atoms with Crippen molar-refractivity contribution in [3.8, 4) is 17.2 Å². The van der Waals surface area contributed by atoms with Gasteiger partial charge in [0.1, 0.15) is 23.2 Å². The van der Waals surface area contributed by atoms with Gasteiger partial charge in [-0.3, -0.25) is 10.7 Å². The lowest BCUT2D eigenvalue weighted by atomic mass is 9.98. The Labute approximate surface area is 220 Å². The minimum atomic E-state index is -1.15. The summed E-state index contributed by atoms with van der Waals surface area (Å²) in [6, 6.07) is 17.1. The van der Waals surface area contributed by atoms with Crippen molar-refractivity contribution in [2.45, 2.75) is 25.4 Å². The molecular formula is C28H30N7O3+. The lowest BCUT2D eigenvalue weighted by molar-refractivity contribution is -0.483. The Morgan fingerprint density at radius 2 is 1.97 bits per heavy atom. The smallest absolute Gasteiger partial charge is 0.354 e. The highest BCUT2D eigenvalue weighted by molar-refractivity contribution is 6.03. The quantitative estimate of drug-likeness (QED) is 0.214. The van der Waals surface area contributed by atoms with Crippen LogP contribution in [0.25, 0.3) is 11.1 Å². The Balaban J connectivity index is 1.54. The molecule has 2 fully saturated rings. The average Bonchev–Trinajstić information content (AvgIpc) is 3.46. The van der Waals surface area contributed by atoms with Crippen LogP contribution in [-0.4, -0.2) is 59.2 Å². The fourth-order valence-electron chi connectivity index (χ4n) is 4.88. The van der Waals surface area contributed by atoms with Crippen molar-refractivity contribution < 1.29 is 20.0 Å². The molecule has 0 radical (unpaired) electrons. The van der Waals surface area contributed by atoms with E-state index >= 15 is 0 Å². The molecule has 1 unspecified atom stereocenters. The van der Waals surface area contributed by atoms with Gasteiger partial charge in [-0.2, -0.15) is 10.2 Å². The van der Waals surface area contributed by atoms with Gasteiger partial charge >= 0.3 is 5.97 Å². The number of benzene rings is 1. The number of pyridine rings is 2. The SMILES string of the molecule is N#CC1CCN(c2ccc(-c3cc(C(=O)O)nc([NH2+]c4ccccc4)c3C(=N)OC3CCNC3)cn2)CC1. The van der Waals surface area contributed by atoms with Gasteiger partial charge in [0.05, 0.1) is 6.07 Å². The number of rotatable bonds is 7. The number of carboxylic acid groups (broad SMARTS) is 1. The van der Waals surface area contributed by atoms with Crippen molar-refractivity contribution in [3.05, 3.63) is 66.0 Å². The third-order valence-corrected chi connectivity index (χ3v) is 6.96. The number of aromatic nitrogens is 2. The van der Waals surface area contributed by atoms with Gasteiger partial charge in [-0.1, -0.05) is 18.2 Å². The molecule has 3 aromatic rings. The van der Waals surface area contributed by atoms with Gasteiger partial charge in [0.15, 0.2) is 5.69 Å². The molecule has 5 rings (SSSR count). The highest BCUT2D eigenvalue weighted by Gasteiger charge is 2.28. The summed E-state index contributed by atoms with van der Waals surface area (Å²) in [5.41, 5.74) is 2.33. The standard InChI is InChI=1S/C28H29N7O3/c29-15-18-9-12-35(13-10-18)24-7-6-19(16-32-24)22-14-23(28(36)37)34-27(33-20-4-2-1-3-5-20)25(22)26(30)38-21-8-11-31-17-21/h1-7,14,16,18,21,30-31H,8-13,17H2,(H,33,34)(H,36,37)/p+1. The number of hydrogen-bond acceptors (Lipinski definition) is 8. The van der Waals surface area contributed by atoms with Crippen LogP contribution in [-0.2, 0) is 4.74 Å². The second-order valence-corrected chi connectivity index (χ2v) is 9.53. The summed E-state index contributed by atoms with van der Waals surface area (Å²) < 4.78 is 6.04. The second-order valence-electron chi connectivity index (χ2n) is 9.53. The molecule has 0 spiro atoms. The molecule has 0 saturated carbocycles. The fraction of sp³-hybridized carbons (Fsp3) is 0.321. The molecule has 1 aromatic carbocycles. The number of carbonyl (C=O) groups is 1. The molecule has 10 heteroatoms. The number of piperidine rings is 1. The molecular weight excluding hydrogens is 482 g/mol. The van der Waals surface area contributed by atoms with E-state index in [0.29, 0.717) is 29.1 Å². The maximum absolute atomic E-state index is 12.0. The third-order valence-electron chi connectivity index (χ3n) is 6.96. The van der Waals surface area contributed by atoms with Crippen molar-refractivity contribution in [3.63, 3.8) is 0 Å². The first-order chi connectivity index (χ1) is 18.5. The number of nitriles is 1. The van der Waals surface area contributed by atoms with Gasteiger partial charge in [-0.25, -0.2) is 9.78 Å². The molecule has 2 aliphatic heterocycles. The lowest BCUT2D eigenvalue weighted by Gasteiger charge is -2.30. The summed E-state index contributed by atoms with van der Waals surface area (Å²) in [4.78, 5) is 23.3. The number of aromatic carboxylic acids is 1. The summed E-state index contributed by atoms with van der Waals surface area (Å²) in [5, 5.41) is 32.9. The summed E-state index contributed by atoms with van der Waals surface area (Å²) in [6.45, 7) is 2.99. The third kappa shape index (κ3) is 5.64. The zero-order chi connectivity index (χ0) is 26.5. The van der Waals surface area contributed by atoms with Crippen LogP contribution in [0.4, 0.5) is 17.3 Å². The Kier molecular flexibility index (Phi) is 7.58. The number of nitrogens with zero attached hydrogens (tertiary/aromatic N) is 4. The minimum absolute atomic E-state index is 0.0528. The lowest BCUT2D eigenvalue weighted by Crippen LogP contribution is -2.72. The van der Waals surface area contributed by atoms with E-state index in [1.807, 2.05) is 42.5 Å². The van der Waals surface area contributed by atoms with Crippen molar-refractivity contribution in [2.24, 2.45) is 5.92 Å². The van der Waals surface area contributed by atoms with Crippen LogP contribution in [0.2, 0.25) is 0 Å². The molecule has 2 aliphatic rings. The van der Waals surface area contributed by atoms with E-state index in [2.05, 4.69) is 26.3 Å². The number of hydrogen-bond donors (Lipinski definition) is 4. The first kappa shape index (κ1) is 25.3. The van der Waals surface area contributed by atoms with Crippen LogP contribution in [0.15, 0.2) is 54.7 Å². The minimum Gasteiger partial charge on any atom is -0.477 e. The average molecular weight is 513 g/mol. The fourth-order valence-corrected chi connectivity index (χ4v) is 4.88. The van der Waals surface area contributed by atoms with Crippen LogP contribution in [0.5, 0.6) is 0 Å². The normalized spacial score (nSPS) is 17.7. The molecule has 10 nitrogen and oxygen atoms in total. The van der Waals surface area contributed by atoms with E-state index in [0.717, 1.165) is 50.4 Å². The second kappa shape index (κ2) is 11.4. The Bertz CT molecular complexity index is 1340. The molecule has 1 atom stereocenters. The number of ether oxygens (including phenoxy) is 1. The van der Waals surface area contributed by atoms with Gasteiger partial charge in [0.2, 0.25) is 11.7 Å².